The van der Waals surface area contributed by atoms with Crippen LogP contribution in [0, 0.1) is 6.92 Å². The van der Waals surface area contributed by atoms with Crippen molar-refractivity contribution in [2.24, 2.45) is 0 Å². The summed E-state index contributed by atoms with van der Waals surface area (Å²) in [5.74, 6) is 0.361. The van der Waals surface area contributed by atoms with Crippen LogP contribution in [0.25, 0.3) is 0 Å². The van der Waals surface area contributed by atoms with Crippen molar-refractivity contribution in [1.29, 1.82) is 0 Å². The molecule has 2 aromatic carbocycles. The summed E-state index contributed by atoms with van der Waals surface area (Å²) in [4.78, 5) is 23.5. The van der Waals surface area contributed by atoms with Crippen LogP contribution in [-0.4, -0.2) is 25.1 Å². The van der Waals surface area contributed by atoms with E-state index in [1.165, 1.54) is 0 Å². The SMILES string of the molecule is CCOC(=O)c1ccc(NC(=O)CCCOc2cccc(C)c2)cc1. The van der Waals surface area contributed by atoms with Gasteiger partial charge in [0.15, 0.2) is 0 Å². The quantitative estimate of drug-likeness (QED) is 0.583. The summed E-state index contributed by atoms with van der Waals surface area (Å²) in [5, 5.41) is 2.80. The van der Waals surface area contributed by atoms with Crippen LogP contribution in [0.3, 0.4) is 0 Å². The Hall–Kier alpha value is -2.82. The van der Waals surface area contributed by atoms with Gasteiger partial charge in [-0.2, -0.15) is 0 Å². The molecule has 0 fully saturated rings. The van der Waals surface area contributed by atoms with Gasteiger partial charge in [0.2, 0.25) is 5.91 Å². The van der Waals surface area contributed by atoms with Crippen molar-refractivity contribution in [3.05, 3.63) is 59.7 Å². The van der Waals surface area contributed by atoms with Gasteiger partial charge < -0.3 is 14.8 Å². The summed E-state index contributed by atoms with van der Waals surface area (Å²) >= 11 is 0. The molecule has 0 aliphatic carbocycles. The number of aryl methyl sites for hydroxylation is 1. The largest absolute Gasteiger partial charge is 0.494 e. The van der Waals surface area contributed by atoms with Gasteiger partial charge in [0.1, 0.15) is 5.75 Å². The van der Waals surface area contributed by atoms with Crippen LogP contribution in [0.5, 0.6) is 5.75 Å². The van der Waals surface area contributed by atoms with E-state index in [1.807, 2.05) is 31.2 Å². The zero-order valence-electron chi connectivity index (χ0n) is 14.6. The van der Waals surface area contributed by atoms with E-state index in [0.29, 0.717) is 37.3 Å². The third kappa shape index (κ3) is 6.30. The second-order valence-electron chi connectivity index (χ2n) is 5.61. The lowest BCUT2D eigenvalue weighted by Gasteiger charge is -2.08. The molecule has 1 N–H and O–H groups in total. The van der Waals surface area contributed by atoms with E-state index in [1.54, 1.807) is 31.2 Å². The molecule has 0 heterocycles. The molecule has 0 aliphatic heterocycles. The molecule has 0 aliphatic rings. The van der Waals surface area contributed by atoms with Crippen molar-refractivity contribution in [2.45, 2.75) is 26.7 Å². The van der Waals surface area contributed by atoms with Crippen LogP contribution in [0.15, 0.2) is 48.5 Å². The minimum absolute atomic E-state index is 0.0864. The maximum Gasteiger partial charge on any atom is 0.338 e. The number of ether oxygens (including phenoxy) is 2. The van der Waals surface area contributed by atoms with Crippen molar-refractivity contribution in [2.75, 3.05) is 18.5 Å². The minimum Gasteiger partial charge on any atom is -0.494 e. The Morgan fingerprint density at radius 2 is 1.84 bits per heavy atom. The number of esters is 1. The van der Waals surface area contributed by atoms with Crippen LogP contribution < -0.4 is 10.1 Å². The summed E-state index contributed by atoms with van der Waals surface area (Å²) in [5.41, 5.74) is 2.26. The highest BCUT2D eigenvalue weighted by Crippen LogP contribution is 2.14. The number of rotatable bonds is 8. The molecule has 1 amide bonds. The van der Waals surface area contributed by atoms with Crippen molar-refractivity contribution < 1.29 is 19.1 Å². The number of hydrogen-bond acceptors (Lipinski definition) is 4. The first-order valence-corrected chi connectivity index (χ1v) is 8.35. The average molecular weight is 341 g/mol. The topological polar surface area (TPSA) is 64.6 Å². The van der Waals surface area contributed by atoms with Crippen LogP contribution >= 0.6 is 0 Å². The molecule has 132 valence electrons. The van der Waals surface area contributed by atoms with Crippen LogP contribution in [0.2, 0.25) is 0 Å². The molecule has 0 aromatic heterocycles. The fraction of sp³-hybridized carbons (Fsp3) is 0.300. The van der Waals surface area contributed by atoms with E-state index in [-0.39, 0.29) is 11.9 Å². The molecule has 0 saturated carbocycles. The maximum atomic E-state index is 11.9. The highest BCUT2D eigenvalue weighted by molar-refractivity contribution is 5.93. The molecule has 0 saturated heterocycles. The lowest BCUT2D eigenvalue weighted by Crippen LogP contribution is -2.13. The summed E-state index contributed by atoms with van der Waals surface area (Å²) in [6.07, 6.45) is 0.992. The van der Waals surface area contributed by atoms with Gasteiger partial charge in [-0.15, -0.1) is 0 Å². The fourth-order valence-electron chi connectivity index (χ4n) is 2.26. The third-order valence-corrected chi connectivity index (χ3v) is 3.49. The Bertz CT molecular complexity index is 710. The monoisotopic (exact) mass is 341 g/mol. The van der Waals surface area contributed by atoms with Gasteiger partial charge in [-0.3, -0.25) is 4.79 Å². The molecule has 0 spiro atoms. The summed E-state index contributed by atoms with van der Waals surface area (Å²) in [6, 6.07) is 14.5. The molecular weight excluding hydrogens is 318 g/mol. The van der Waals surface area contributed by atoms with Crippen LogP contribution in [0.1, 0.15) is 35.7 Å². The number of nitrogens with one attached hydrogen (secondary N) is 1. The third-order valence-electron chi connectivity index (χ3n) is 3.49. The predicted molar refractivity (Wildman–Crippen MR) is 96.9 cm³/mol. The van der Waals surface area contributed by atoms with E-state index in [0.717, 1.165) is 11.3 Å². The molecule has 0 atom stereocenters. The van der Waals surface area contributed by atoms with Gasteiger partial charge in [-0.05, 0) is 62.2 Å². The Morgan fingerprint density at radius 1 is 1.08 bits per heavy atom. The van der Waals surface area contributed by atoms with Gasteiger partial charge in [0, 0.05) is 12.1 Å². The van der Waals surface area contributed by atoms with Gasteiger partial charge in [-0.25, -0.2) is 4.79 Å². The number of amides is 1. The number of benzene rings is 2. The van der Waals surface area contributed by atoms with Crippen molar-refractivity contribution in [1.82, 2.24) is 0 Å². The van der Waals surface area contributed by atoms with E-state index in [9.17, 15) is 9.59 Å². The Kier molecular flexibility index (Phi) is 7.01. The highest BCUT2D eigenvalue weighted by atomic mass is 16.5. The van der Waals surface area contributed by atoms with Crippen molar-refractivity contribution in [3.8, 4) is 5.75 Å². The average Bonchev–Trinajstić information content (AvgIpc) is 2.60. The zero-order valence-corrected chi connectivity index (χ0v) is 14.6. The molecule has 0 unspecified atom stereocenters. The van der Waals surface area contributed by atoms with Crippen LogP contribution in [-0.2, 0) is 9.53 Å². The number of carbonyl (C=O) groups excluding carboxylic acids is 2. The normalized spacial score (nSPS) is 10.2. The van der Waals surface area contributed by atoms with E-state index >= 15 is 0 Å². The van der Waals surface area contributed by atoms with Crippen molar-refractivity contribution >= 4 is 17.6 Å². The molecule has 2 aromatic rings. The minimum atomic E-state index is -0.367. The lowest BCUT2D eigenvalue weighted by molar-refractivity contribution is -0.116. The standard InChI is InChI=1S/C20H23NO4/c1-3-24-20(23)16-9-11-17(12-10-16)21-19(22)8-5-13-25-18-7-4-6-15(2)14-18/h4,6-7,9-12,14H,3,5,8,13H2,1-2H3,(H,21,22). The van der Waals surface area contributed by atoms with E-state index in [2.05, 4.69) is 5.32 Å². The first kappa shape index (κ1) is 18.5. The van der Waals surface area contributed by atoms with Crippen LogP contribution in [0.4, 0.5) is 5.69 Å². The first-order valence-electron chi connectivity index (χ1n) is 8.35. The smallest absolute Gasteiger partial charge is 0.338 e. The Balaban J connectivity index is 1.72. The number of anilines is 1. The zero-order chi connectivity index (χ0) is 18.1. The second-order valence-corrected chi connectivity index (χ2v) is 5.61. The Labute approximate surface area is 148 Å². The molecule has 0 bridgehead atoms. The van der Waals surface area contributed by atoms with E-state index in [4.69, 9.17) is 9.47 Å². The van der Waals surface area contributed by atoms with Gasteiger partial charge in [0.25, 0.3) is 0 Å². The molecule has 0 radical (unpaired) electrons. The molecule has 2 rings (SSSR count). The first-order chi connectivity index (χ1) is 12.1. The Morgan fingerprint density at radius 3 is 2.52 bits per heavy atom. The molecule has 5 nitrogen and oxygen atoms in total. The maximum absolute atomic E-state index is 11.9. The van der Waals surface area contributed by atoms with Crippen molar-refractivity contribution in [3.63, 3.8) is 0 Å². The summed E-state index contributed by atoms with van der Waals surface area (Å²) in [7, 11) is 0. The fourth-order valence-corrected chi connectivity index (χ4v) is 2.26. The van der Waals surface area contributed by atoms with Gasteiger partial charge in [0.05, 0.1) is 18.8 Å². The molecule has 25 heavy (non-hydrogen) atoms. The van der Waals surface area contributed by atoms with Gasteiger partial charge >= 0.3 is 5.97 Å². The summed E-state index contributed by atoms with van der Waals surface area (Å²) < 4.78 is 10.5. The predicted octanol–water partition coefficient (Wildman–Crippen LogP) is 3.97. The number of carbonyl (C=O) groups is 2. The molecule has 5 heteroatoms. The number of hydrogen-bond donors (Lipinski definition) is 1. The van der Waals surface area contributed by atoms with E-state index < -0.39 is 0 Å². The molecular formula is C20H23NO4. The highest BCUT2D eigenvalue weighted by Gasteiger charge is 2.07. The summed E-state index contributed by atoms with van der Waals surface area (Å²) in [6.45, 7) is 4.59. The van der Waals surface area contributed by atoms with Gasteiger partial charge in [-0.1, -0.05) is 12.1 Å². The lowest BCUT2D eigenvalue weighted by atomic mass is 10.2. The second kappa shape index (κ2) is 9.47.